The van der Waals surface area contributed by atoms with E-state index in [2.05, 4.69) is 10.1 Å². The second kappa shape index (κ2) is 6.67. The van der Waals surface area contributed by atoms with Crippen LogP contribution in [0.3, 0.4) is 0 Å². The van der Waals surface area contributed by atoms with E-state index < -0.39 is 12.1 Å². The maximum absolute atomic E-state index is 11.8. The van der Waals surface area contributed by atoms with Crippen molar-refractivity contribution in [1.82, 2.24) is 0 Å². The smallest absolute Gasteiger partial charge is 0.435 e. The number of benzene rings is 1. The Morgan fingerprint density at radius 3 is 2.28 bits per heavy atom. The maximum atomic E-state index is 11.8. The Balaban J connectivity index is 2.31. The summed E-state index contributed by atoms with van der Waals surface area (Å²) in [6.07, 6.45) is 0. The van der Waals surface area contributed by atoms with Crippen molar-refractivity contribution >= 4 is 17.4 Å². The van der Waals surface area contributed by atoms with Crippen molar-refractivity contribution in [3.8, 4) is 5.75 Å². The first-order chi connectivity index (χ1) is 8.37. The largest absolute Gasteiger partial charge is 0.441 e. The van der Waals surface area contributed by atoms with Crippen molar-refractivity contribution in [1.29, 1.82) is 0 Å². The van der Waals surface area contributed by atoms with E-state index >= 15 is 0 Å². The van der Waals surface area contributed by atoms with Crippen LogP contribution in [-0.2, 0) is 0 Å². The van der Waals surface area contributed by atoms with Crippen LogP contribution in [0.5, 0.6) is 5.75 Å². The lowest BCUT2D eigenvalue weighted by atomic mass is 10.3. The van der Waals surface area contributed by atoms with E-state index in [1.165, 1.54) is 24.3 Å². The average Bonchev–Trinajstić information content (AvgIpc) is 2.24. The lowest BCUT2D eigenvalue weighted by Crippen LogP contribution is -2.09. The molecule has 1 aromatic carbocycles. The SMILES string of the molecule is FC(F)Oc1ccc(NCCSC(F)(F)F)cc1. The number of anilines is 1. The molecule has 0 radical (unpaired) electrons. The molecule has 0 heterocycles. The summed E-state index contributed by atoms with van der Waals surface area (Å²) in [5, 5.41) is 2.73. The number of nitrogens with one attached hydrogen (secondary N) is 1. The van der Waals surface area contributed by atoms with Gasteiger partial charge in [-0.25, -0.2) is 0 Å². The molecule has 0 saturated carbocycles. The van der Waals surface area contributed by atoms with E-state index in [0.717, 1.165) is 0 Å². The van der Waals surface area contributed by atoms with E-state index in [4.69, 9.17) is 0 Å². The maximum Gasteiger partial charge on any atom is 0.441 e. The molecule has 1 aromatic rings. The highest BCUT2D eigenvalue weighted by Gasteiger charge is 2.27. The van der Waals surface area contributed by atoms with Crippen LogP contribution in [0.25, 0.3) is 0 Å². The number of thioether (sulfide) groups is 1. The number of halogens is 5. The third kappa shape index (κ3) is 6.53. The van der Waals surface area contributed by atoms with Crippen molar-refractivity contribution in [2.24, 2.45) is 0 Å². The molecule has 0 amide bonds. The van der Waals surface area contributed by atoms with Gasteiger partial charge in [0.1, 0.15) is 5.75 Å². The van der Waals surface area contributed by atoms with Gasteiger partial charge < -0.3 is 10.1 Å². The Hall–Kier alpha value is -1.18. The highest BCUT2D eigenvalue weighted by molar-refractivity contribution is 8.00. The van der Waals surface area contributed by atoms with E-state index in [1.807, 2.05) is 0 Å². The van der Waals surface area contributed by atoms with Crippen LogP contribution >= 0.6 is 11.8 Å². The molecular weight excluding hydrogens is 277 g/mol. The number of hydrogen-bond donors (Lipinski definition) is 1. The van der Waals surface area contributed by atoms with Gasteiger partial charge in [0, 0.05) is 18.0 Å². The topological polar surface area (TPSA) is 21.3 Å². The standard InChI is InChI=1S/C10H10F5NOS/c11-9(12)17-8-3-1-7(2-4-8)16-5-6-18-10(13,14)15/h1-4,9,16H,5-6H2. The molecule has 0 bridgehead atoms. The minimum absolute atomic E-state index is 0.000200. The highest BCUT2D eigenvalue weighted by Crippen LogP contribution is 2.29. The molecule has 0 aliphatic rings. The normalized spacial score (nSPS) is 11.7. The van der Waals surface area contributed by atoms with Crippen LogP contribution in [-0.4, -0.2) is 24.4 Å². The van der Waals surface area contributed by atoms with Gasteiger partial charge in [-0.05, 0) is 36.0 Å². The minimum Gasteiger partial charge on any atom is -0.435 e. The fourth-order valence-electron chi connectivity index (χ4n) is 1.12. The zero-order valence-corrected chi connectivity index (χ0v) is 9.82. The van der Waals surface area contributed by atoms with E-state index in [1.54, 1.807) is 0 Å². The molecule has 0 fully saturated rings. The molecule has 18 heavy (non-hydrogen) atoms. The molecular formula is C10H10F5NOS. The molecule has 0 unspecified atom stereocenters. The molecule has 102 valence electrons. The highest BCUT2D eigenvalue weighted by atomic mass is 32.2. The molecule has 0 aliphatic carbocycles. The summed E-state index contributed by atoms with van der Waals surface area (Å²) in [4.78, 5) is 0. The van der Waals surface area contributed by atoms with Crippen molar-refractivity contribution in [2.75, 3.05) is 17.6 Å². The van der Waals surface area contributed by atoms with E-state index in [9.17, 15) is 22.0 Å². The third-order valence-corrected chi connectivity index (χ3v) is 2.51. The summed E-state index contributed by atoms with van der Waals surface area (Å²) in [6.45, 7) is -2.77. The predicted molar refractivity (Wildman–Crippen MR) is 60.1 cm³/mol. The van der Waals surface area contributed by atoms with Crippen LogP contribution < -0.4 is 10.1 Å². The summed E-state index contributed by atoms with van der Waals surface area (Å²) in [7, 11) is 0. The van der Waals surface area contributed by atoms with Crippen LogP contribution in [0.4, 0.5) is 27.6 Å². The lowest BCUT2D eigenvalue weighted by Gasteiger charge is -2.09. The average molecular weight is 287 g/mol. The molecule has 0 aromatic heterocycles. The van der Waals surface area contributed by atoms with Gasteiger partial charge in [-0.2, -0.15) is 22.0 Å². The number of rotatable bonds is 6. The Morgan fingerprint density at radius 2 is 1.78 bits per heavy atom. The molecule has 0 spiro atoms. The summed E-state index contributed by atoms with van der Waals surface area (Å²) in [5.74, 6) is -0.126. The number of alkyl halides is 5. The molecule has 8 heteroatoms. The van der Waals surface area contributed by atoms with Crippen LogP contribution in [0.2, 0.25) is 0 Å². The Morgan fingerprint density at radius 1 is 1.17 bits per heavy atom. The summed E-state index contributed by atoms with van der Waals surface area (Å²) in [5.41, 5.74) is -3.70. The monoisotopic (exact) mass is 287 g/mol. The van der Waals surface area contributed by atoms with Gasteiger partial charge in [0.05, 0.1) is 0 Å². The number of ether oxygens (including phenoxy) is 1. The fourth-order valence-corrected chi connectivity index (χ4v) is 1.55. The van der Waals surface area contributed by atoms with Crippen molar-refractivity contribution in [3.05, 3.63) is 24.3 Å². The first-order valence-corrected chi connectivity index (χ1v) is 5.85. The lowest BCUT2D eigenvalue weighted by molar-refractivity contribution is -0.0498. The van der Waals surface area contributed by atoms with E-state index in [0.29, 0.717) is 5.69 Å². The Labute approximate surface area is 105 Å². The molecule has 0 aliphatic heterocycles. The van der Waals surface area contributed by atoms with Crippen LogP contribution in [0.1, 0.15) is 0 Å². The molecule has 0 saturated heterocycles. The zero-order chi connectivity index (χ0) is 13.6. The summed E-state index contributed by atoms with van der Waals surface area (Å²) < 4.78 is 63.2. The second-order valence-electron chi connectivity index (χ2n) is 3.12. The molecule has 1 rings (SSSR count). The quantitative estimate of drug-likeness (QED) is 0.632. The first kappa shape index (κ1) is 14.9. The van der Waals surface area contributed by atoms with Crippen molar-refractivity contribution < 1.29 is 26.7 Å². The fraction of sp³-hybridized carbons (Fsp3) is 0.400. The Kier molecular flexibility index (Phi) is 5.52. The van der Waals surface area contributed by atoms with Gasteiger partial charge in [-0.15, -0.1) is 0 Å². The Bertz CT molecular complexity index is 354. The van der Waals surface area contributed by atoms with Gasteiger partial charge in [-0.3, -0.25) is 0 Å². The molecule has 0 atom stereocenters. The van der Waals surface area contributed by atoms with Crippen LogP contribution in [0, 0.1) is 0 Å². The summed E-state index contributed by atoms with van der Waals surface area (Å²) in [6, 6.07) is 5.53. The van der Waals surface area contributed by atoms with Crippen molar-refractivity contribution in [3.63, 3.8) is 0 Å². The number of hydrogen-bond acceptors (Lipinski definition) is 3. The van der Waals surface area contributed by atoms with Gasteiger partial charge in [0.25, 0.3) is 0 Å². The second-order valence-corrected chi connectivity index (χ2v) is 4.28. The minimum atomic E-state index is -4.24. The predicted octanol–water partition coefficient (Wildman–Crippen LogP) is 3.95. The van der Waals surface area contributed by atoms with Gasteiger partial charge >= 0.3 is 12.1 Å². The van der Waals surface area contributed by atoms with Crippen molar-refractivity contribution in [2.45, 2.75) is 12.1 Å². The third-order valence-electron chi connectivity index (χ3n) is 1.78. The van der Waals surface area contributed by atoms with Crippen LogP contribution in [0.15, 0.2) is 24.3 Å². The van der Waals surface area contributed by atoms with E-state index in [-0.39, 0.29) is 29.8 Å². The molecule has 2 nitrogen and oxygen atoms in total. The zero-order valence-electron chi connectivity index (χ0n) is 9.01. The summed E-state index contributed by atoms with van der Waals surface area (Å²) >= 11 is -0.122. The van der Waals surface area contributed by atoms with Gasteiger partial charge in [-0.1, -0.05) is 0 Å². The van der Waals surface area contributed by atoms with Gasteiger partial charge in [0.15, 0.2) is 0 Å². The first-order valence-electron chi connectivity index (χ1n) is 4.86. The molecule has 1 N–H and O–H groups in total. The van der Waals surface area contributed by atoms with Gasteiger partial charge in [0.2, 0.25) is 0 Å².